The highest BCUT2D eigenvalue weighted by atomic mass is 19.1. The van der Waals surface area contributed by atoms with Crippen LogP contribution in [0.2, 0.25) is 0 Å². The molecule has 1 aromatic heterocycles. The van der Waals surface area contributed by atoms with Crippen LogP contribution in [0, 0.1) is 12.7 Å². The number of aromatic amines is 1. The van der Waals surface area contributed by atoms with E-state index in [0.717, 1.165) is 19.4 Å². The van der Waals surface area contributed by atoms with Crippen LogP contribution >= 0.6 is 0 Å². The van der Waals surface area contributed by atoms with Gasteiger partial charge in [0.1, 0.15) is 5.82 Å². The molecule has 2 atom stereocenters. The quantitative estimate of drug-likeness (QED) is 0.889. The molecule has 2 heterocycles. The first-order valence-electron chi connectivity index (χ1n) is 7.28. The smallest absolute Gasteiger partial charge is 0.245 e. The van der Waals surface area contributed by atoms with Crippen molar-refractivity contribution in [3.8, 4) is 11.4 Å². The molecule has 0 radical (unpaired) electrons. The first kappa shape index (κ1) is 14.0. The molecule has 1 aliphatic rings. The molecular formula is C15H20FN5. The lowest BCUT2D eigenvalue weighted by Gasteiger charge is -2.36. The maximum Gasteiger partial charge on any atom is 0.245 e. The third-order valence-corrected chi connectivity index (χ3v) is 4.23. The van der Waals surface area contributed by atoms with Crippen molar-refractivity contribution in [2.24, 2.45) is 5.73 Å². The Balaban J connectivity index is 1.91. The van der Waals surface area contributed by atoms with E-state index in [4.69, 9.17) is 5.73 Å². The van der Waals surface area contributed by atoms with Crippen molar-refractivity contribution in [3.63, 3.8) is 0 Å². The number of nitrogens with one attached hydrogen (secondary N) is 1. The van der Waals surface area contributed by atoms with Crippen LogP contribution in [0.3, 0.4) is 0 Å². The molecule has 5 nitrogen and oxygen atoms in total. The minimum Gasteiger partial charge on any atom is -0.335 e. The summed E-state index contributed by atoms with van der Waals surface area (Å²) in [5.74, 6) is 0.787. The molecule has 0 amide bonds. The Bertz CT molecular complexity index is 639. The zero-order valence-corrected chi connectivity index (χ0v) is 12.3. The Hall–Kier alpha value is -1.95. The lowest BCUT2D eigenvalue weighted by atomic mass is 9.99. The minimum absolute atomic E-state index is 0.122. The molecule has 0 bridgehead atoms. The first-order chi connectivity index (χ1) is 10.1. The molecule has 1 saturated heterocycles. The van der Waals surface area contributed by atoms with Gasteiger partial charge in [-0.15, -0.1) is 5.10 Å². The predicted octanol–water partition coefficient (Wildman–Crippen LogP) is 2.24. The topological polar surface area (TPSA) is 70.8 Å². The Labute approximate surface area is 123 Å². The summed E-state index contributed by atoms with van der Waals surface area (Å²) in [5, 5.41) is 7.08. The number of halogens is 1. The van der Waals surface area contributed by atoms with Crippen molar-refractivity contribution >= 4 is 5.95 Å². The average Bonchev–Trinajstić information content (AvgIpc) is 2.94. The van der Waals surface area contributed by atoms with Crippen molar-refractivity contribution < 1.29 is 4.39 Å². The highest BCUT2D eigenvalue weighted by molar-refractivity contribution is 5.58. The Morgan fingerprint density at radius 3 is 3.05 bits per heavy atom. The van der Waals surface area contributed by atoms with Crippen LogP contribution < -0.4 is 10.6 Å². The van der Waals surface area contributed by atoms with Gasteiger partial charge in [-0.3, -0.25) is 5.10 Å². The zero-order chi connectivity index (χ0) is 15.0. The van der Waals surface area contributed by atoms with Gasteiger partial charge < -0.3 is 10.6 Å². The molecule has 2 aromatic rings. The molecule has 0 spiro atoms. The normalized spacial score (nSPS) is 22.6. The number of aromatic nitrogens is 3. The number of rotatable bonds is 2. The van der Waals surface area contributed by atoms with Crippen LogP contribution in [0.15, 0.2) is 18.2 Å². The lowest BCUT2D eigenvalue weighted by Crippen LogP contribution is -2.50. The van der Waals surface area contributed by atoms with Gasteiger partial charge in [0, 0.05) is 18.6 Å². The molecule has 21 heavy (non-hydrogen) atoms. The third-order valence-electron chi connectivity index (χ3n) is 4.23. The van der Waals surface area contributed by atoms with E-state index in [-0.39, 0.29) is 17.9 Å². The number of piperidine rings is 1. The number of hydrogen-bond donors (Lipinski definition) is 2. The van der Waals surface area contributed by atoms with Gasteiger partial charge in [-0.2, -0.15) is 4.98 Å². The van der Waals surface area contributed by atoms with Gasteiger partial charge in [0.2, 0.25) is 5.95 Å². The molecule has 1 aromatic carbocycles. The van der Waals surface area contributed by atoms with Crippen molar-refractivity contribution in [2.45, 2.75) is 38.8 Å². The van der Waals surface area contributed by atoms with Crippen molar-refractivity contribution in [1.82, 2.24) is 15.2 Å². The molecule has 3 N–H and O–H groups in total. The minimum atomic E-state index is -0.261. The number of hydrogen-bond acceptors (Lipinski definition) is 4. The van der Waals surface area contributed by atoms with E-state index < -0.39 is 0 Å². The van der Waals surface area contributed by atoms with Crippen LogP contribution in [0.1, 0.15) is 25.3 Å². The van der Waals surface area contributed by atoms with Gasteiger partial charge in [-0.05, 0) is 38.3 Å². The van der Waals surface area contributed by atoms with E-state index in [1.807, 2.05) is 6.07 Å². The van der Waals surface area contributed by atoms with E-state index in [1.54, 1.807) is 19.1 Å². The summed E-state index contributed by atoms with van der Waals surface area (Å²) in [5.41, 5.74) is 7.14. The largest absolute Gasteiger partial charge is 0.335 e. The third kappa shape index (κ3) is 2.51. The van der Waals surface area contributed by atoms with Crippen molar-refractivity contribution in [3.05, 3.63) is 29.6 Å². The molecule has 0 saturated carbocycles. The van der Waals surface area contributed by atoms with Gasteiger partial charge >= 0.3 is 0 Å². The summed E-state index contributed by atoms with van der Waals surface area (Å²) in [7, 11) is 0. The SMILES string of the molecule is Cc1cccc(-c2nc(N3CCCC(N)C3C)n[nH]2)c1F. The molecule has 6 heteroatoms. The fourth-order valence-corrected chi connectivity index (χ4v) is 2.79. The molecule has 2 unspecified atom stereocenters. The van der Waals surface area contributed by atoms with Crippen LogP contribution in [-0.4, -0.2) is 33.8 Å². The summed E-state index contributed by atoms with van der Waals surface area (Å²) in [6.07, 6.45) is 2.04. The van der Waals surface area contributed by atoms with Crippen LogP contribution in [0.4, 0.5) is 10.3 Å². The standard InChI is InChI=1S/C15H20FN5/c1-9-5-3-6-11(13(9)16)14-18-15(20-19-14)21-8-4-7-12(17)10(21)2/h3,5-6,10,12H,4,7-8,17H2,1-2H3,(H,18,19,20). The van der Waals surface area contributed by atoms with Crippen LogP contribution in [0.5, 0.6) is 0 Å². The van der Waals surface area contributed by atoms with Gasteiger partial charge in [-0.1, -0.05) is 12.1 Å². The summed E-state index contributed by atoms with van der Waals surface area (Å²) in [6.45, 7) is 4.69. The first-order valence-corrected chi connectivity index (χ1v) is 7.28. The average molecular weight is 289 g/mol. The second-order valence-electron chi connectivity index (χ2n) is 5.66. The molecule has 112 valence electrons. The van der Waals surface area contributed by atoms with Crippen molar-refractivity contribution in [1.29, 1.82) is 0 Å². The Kier molecular flexibility index (Phi) is 3.63. The Morgan fingerprint density at radius 2 is 2.24 bits per heavy atom. The number of nitrogens with zero attached hydrogens (tertiary/aromatic N) is 3. The fourth-order valence-electron chi connectivity index (χ4n) is 2.79. The van der Waals surface area contributed by atoms with E-state index in [0.29, 0.717) is 22.9 Å². The molecule has 1 aliphatic heterocycles. The predicted molar refractivity (Wildman–Crippen MR) is 80.5 cm³/mol. The maximum absolute atomic E-state index is 14.2. The number of anilines is 1. The van der Waals surface area contributed by atoms with Gasteiger partial charge in [0.25, 0.3) is 0 Å². The highest BCUT2D eigenvalue weighted by Crippen LogP contribution is 2.25. The molecule has 3 rings (SSSR count). The summed E-state index contributed by atoms with van der Waals surface area (Å²) in [4.78, 5) is 6.54. The number of nitrogens with two attached hydrogens (primary N) is 1. The molecule has 0 aliphatic carbocycles. The van der Waals surface area contributed by atoms with Gasteiger partial charge in [0.15, 0.2) is 5.82 Å². The van der Waals surface area contributed by atoms with E-state index in [1.165, 1.54) is 0 Å². The summed E-state index contributed by atoms with van der Waals surface area (Å²) >= 11 is 0. The summed E-state index contributed by atoms with van der Waals surface area (Å²) < 4.78 is 14.2. The van der Waals surface area contributed by atoms with Crippen molar-refractivity contribution in [2.75, 3.05) is 11.4 Å². The molecular weight excluding hydrogens is 269 g/mol. The number of benzene rings is 1. The summed E-state index contributed by atoms with van der Waals surface area (Å²) in [6, 6.07) is 5.57. The fraction of sp³-hybridized carbons (Fsp3) is 0.467. The molecule has 1 fully saturated rings. The maximum atomic E-state index is 14.2. The van der Waals surface area contributed by atoms with Gasteiger partial charge in [-0.25, -0.2) is 4.39 Å². The monoisotopic (exact) mass is 289 g/mol. The van der Waals surface area contributed by atoms with Crippen LogP contribution in [-0.2, 0) is 0 Å². The van der Waals surface area contributed by atoms with E-state index >= 15 is 0 Å². The number of H-pyrrole nitrogens is 1. The second-order valence-corrected chi connectivity index (χ2v) is 5.66. The Morgan fingerprint density at radius 1 is 1.43 bits per heavy atom. The number of aryl methyl sites for hydroxylation is 1. The van der Waals surface area contributed by atoms with E-state index in [2.05, 4.69) is 27.0 Å². The van der Waals surface area contributed by atoms with Crippen LogP contribution in [0.25, 0.3) is 11.4 Å². The zero-order valence-electron chi connectivity index (χ0n) is 12.3. The second kappa shape index (κ2) is 5.44. The van der Waals surface area contributed by atoms with Gasteiger partial charge in [0.05, 0.1) is 5.56 Å². The van der Waals surface area contributed by atoms with E-state index in [9.17, 15) is 4.39 Å². The lowest BCUT2D eigenvalue weighted by molar-refractivity contribution is 0.416. The highest BCUT2D eigenvalue weighted by Gasteiger charge is 2.28.